The molecular weight excluding hydrogens is 313 g/mol. The summed E-state index contributed by atoms with van der Waals surface area (Å²) >= 11 is 2.25. The maximum absolute atomic E-state index is 12.1. The smallest absolute Gasteiger partial charge is 0.253 e. The summed E-state index contributed by atoms with van der Waals surface area (Å²) in [5, 5.41) is 0. The van der Waals surface area contributed by atoms with Crippen LogP contribution < -0.4 is 0 Å². The normalized spacial score (nSPS) is 20.1. The minimum Gasteiger partial charge on any atom is -0.338 e. The quantitative estimate of drug-likeness (QED) is 0.764. The number of halogens is 1. The first kappa shape index (κ1) is 11.9. The number of carbonyl (C=O) groups excluding carboxylic acids is 1. The number of hydrogen-bond donors (Lipinski definition) is 0. The molecule has 1 amide bonds. The molecule has 1 aliphatic heterocycles. The van der Waals surface area contributed by atoms with Crippen LogP contribution >= 0.6 is 22.6 Å². The van der Waals surface area contributed by atoms with Crippen molar-refractivity contribution in [1.82, 2.24) is 4.90 Å². The van der Waals surface area contributed by atoms with E-state index >= 15 is 0 Å². The van der Waals surface area contributed by atoms with Crippen molar-refractivity contribution in [1.29, 1.82) is 0 Å². The lowest BCUT2D eigenvalue weighted by Crippen LogP contribution is -2.28. The molecule has 0 saturated carbocycles. The van der Waals surface area contributed by atoms with Crippen molar-refractivity contribution in [2.45, 2.75) is 19.8 Å². The van der Waals surface area contributed by atoms with Gasteiger partial charge in [-0.1, -0.05) is 13.3 Å². The van der Waals surface area contributed by atoms with Gasteiger partial charge in [0, 0.05) is 22.2 Å². The van der Waals surface area contributed by atoms with Crippen molar-refractivity contribution >= 4 is 28.5 Å². The summed E-state index contributed by atoms with van der Waals surface area (Å²) in [6, 6.07) is 7.81. The van der Waals surface area contributed by atoms with Gasteiger partial charge in [-0.2, -0.15) is 0 Å². The molecule has 1 aliphatic rings. The van der Waals surface area contributed by atoms with Crippen LogP contribution in [-0.4, -0.2) is 23.9 Å². The lowest BCUT2D eigenvalue weighted by molar-refractivity contribution is 0.0787. The molecule has 1 heterocycles. The summed E-state index contributed by atoms with van der Waals surface area (Å²) in [6.07, 6.45) is 2.34. The molecule has 1 fully saturated rings. The molecule has 1 atom stereocenters. The van der Waals surface area contributed by atoms with E-state index < -0.39 is 0 Å². The number of benzene rings is 1. The van der Waals surface area contributed by atoms with Gasteiger partial charge in [0.15, 0.2) is 0 Å². The van der Waals surface area contributed by atoms with Crippen molar-refractivity contribution in [2.24, 2.45) is 5.92 Å². The van der Waals surface area contributed by atoms with Gasteiger partial charge in [0.05, 0.1) is 0 Å². The van der Waals surface area contributed by atoms with Crippen LogP contribution in [0.4, 0.5) is 0 Å². The molecule has 3 heteroatoms. The minimum atomic E-state index is 0.187. The summed E-state index contributed by atoms with van der Waals surface area (Å²) in [4.78, 5) is 14.1. The van der Waals surface area contributed by atoms with E-state index in [1.54, 1.807) is 0 Å². The zero-order valence-corrected chi connectivity index (χ0v) is 11.6. The van der Waals surface area contributed by atoms with E-state index in [-0.39, 0.29) is 5.91 Å². The third-order valence-corrected chi connectivity index (χ3v) is 3.96. The summed E-state index contributed by atoms with van der Waals surface area (Å²) in [6.45, 7) is 4.05. The van der Waals surface area contributed by atoms with Crippen molar-refractivity contribution in [2.75, 3.05) is 13.1 Å². The maximum atomic E-state index is 12.1. The van der Waals surface area contributed by atoms with E-state index in [2.05, 4.69) is 29.5 Å². The first-order valence-corrected chi connectivity index (χ1v) is 6.83. The predicted molar refractivity (Wildman–Crippen MR) is 73.5 cm³/mol. The largest absolute Gasteiger partial charge is 0.338 e. The lowest BCUT2D eigenvalue weighted by Gasteiger charge is -2.16. The second-order valence-corrected chi connectivity index (χ2v) is 5.57. The Hall–Kier alpha value is -0.580. The first-order valence-electron chi connectivity index (χ1n) is 5.75. The van der Waals surface area contributed by atoms with Gasteiger partial charge in [0.2, 0.25) is 0 Å². The Kier molecular flexibility index (Phi) is 3.84. The minimum absolute atomic E-state index is 0.187. The average molecular weight is 329 g/mol. The highest BCUT2D eigenvalue weighted by molar-refractivity contribution is 14.1. The lowest BCUT2D eigenvalue weighted by atomic mass is 10.1. The van der Waals surface area contributed by atoms with E-state index in [0.29, 0.717) is 5.92 Å². The van der Waals surface area contributed by atoms with E-state index in [4.69, 9.17) is 0 Å². The first-order chi connectivity index (χ1) is 7.70. The number of carbonyl (C=O) groups is 1. The second kappa shape index (κ2) is 5.17. The highest BCUT2D eigenvalue weighted by atomic mass is 127. The Bertz CT molecular complexity index is 374. The predicted octanol–water partition coefficient (Wildman–Crippen LogP) is 3.16. The molecule has 0 aromatic heterocycles. The Morgan fingerprint density at radius 1 is 1.44 bits per heavy atom. The molecule has 1 aromatic carbocycles. The van der Waals surface area contributed by atoms with Crippen molar-refractivity contribution < 1.29 is 4.79 Å². The number of hydrogen-bond acceptors (Lipinski definition) is 1. The summed E-state index contributed by atoms with van der Waals surface area (Å²) in [5.74, 6) is 0.889. The van der Waals surface area contributed by atoms with Gasteiger partial charge in [0.25, 0.3) is 5.91 Å². The molecule has 1 unspecified atom stereocenters. The van der Waals surface area contributed by atoms with Gasteiger partial charge in [-0.15, -0.1) is 0 Å². The Morgan fingerprint density at radius 3 is 2.69 bits per heavy atom. The van der Waals surface area contributed by atoms with Gasteiger partial charge in [-0.05, 0) is 59.2 Å². The van der Waals surface area contributed by atoms with Crippen LogP contribution in [0.2, 0.25) is 0 Å². The molecule has 2 rings (SSSR count). The number of likely N-dealkylation sites (tertiary alicyclic amines) is 1. The summed E-state index contributed by atoms with van der Waals surface area (Å²) in [5.41, 5.74) is 0.817. The van der Waals surface area contributed by atoms with Gasteiger partial charge in [-0.3, -0.25) is 4.79 Å². The van der Waals surface area contributed by atoms with Crippen LogP contribution in [0.1, 0.15) is 30.1 Å². The van der Waals surface area contributed by atoms with Crippen LogP contribution in [0.5, 0.6) is 0 Å². The fraction of sp³-hybridized carbons (Fsp3) is 0.462. The molecule has 16 heavy (non-hydrogen) atoms. The van der Waals surface area contributed by atoms with Gasteiger partial charge >= 0.3 is 0 Å². The number of nitrogens with zero attached hydrogens (tertiary/aromatic N) is 1. The summed E-state index contributed by atoms with van der Waals surface area (Å²) < 4.78 is 1.17. The zero-order valence-electron chi connectivity index (χ0n) is 9.45. The fourth-order valence-electron chi connectivity index (χ4n) is 2.13. The molecular formula is C13H16INO. The second-order valence-electron chi connectivity index (χ2n) is 4.32. The van der Waals surface area contributed by atoms with E-state index in [9.17, 15) is 4.79 Å². The maximum Gasteiger partial charge on any atom is 0.253 e. The third-order valence-electron chi connectivity index (χ3n) is 3.24. The molecule has 0 radical (unpaired) electrons. The van der Waals surface area contributed by atoms with E-state index in [0.717, 1.165) is 25.1 Å². The van der Waals surface area contributed by atoms with Crippen LogP contribution in [0, 0.1) is 9.49 Å². The highest BCUT2D eigenvalue weighted by Gasteiger charge is 2.25. The average Bonchev–Trinajstić information content (AvgIpc) is 2.77. The fourth-order valence-corrected chi connectivity index (χ4v) is 2.48. The van der Waals surface area contributed by atoms with Gasteiger partial charge < -0.3 is 4.90 Å². The highest BCUT2D eigenvalue weighted by Crippen LogP contribution is 2.21. The third kappa shape index (κ3) is 2.56. The summed E-state index contributed by atoms with van der Waals surface area (Å²) in [7, 11) is 0. The Balaban J connectivity index is 2.05. The molecule has 0 N–H and O–H groups in total. The molecule has 1 aromatic rings. The molecule has 2 nitrogen and oxygen atoms in total. The SMILES string of the molecule is CCC1CCN(C(=O)c2ccc(I)cc2)C1. The monoisotopic (exact) mass is 329 g/mol. The van der Waals surface area contributed by atoms with Gasteiger partial charge in [0.1, 0.15) is 0 Å². The van der Waals surface area contributed by atoms with Crippen LogP contribution in [0.3, 0.4) is 0 Å². The molecule has 0 bridgehead atoms. The Morgan fingerprint density at radius 2 is 2.12 bits per heavy atom. The molecule has 1 saturated heterocycles. The standard InChI is InChI=1S/C13H16INO/c1-2-10-7-8-15(9-10)13(16)11-3-5-12(14)6-4-11/h3-6,10H,2,7-9H2,1H3. The molecule has 0 spiro atoms. The van der Waals surface area contributed by atoms with Crippen molar-refractivity contribution in [3.05, 3.63) is 33.4 Å². The number of rotatable bonds is 2. The van der Waals surface area contributed by atoms with Crippen molar-refractivity contribution in [3.8, 4) is 0 Å². The van der Waals surface area contributed by atoms with Crippen LogP contribution in [0.25, 0.3) is 0 Å². The number of amides is 1. The van der Waals surface area contributed by atoms with Gasteiger partial charge in [-0.25, -0.2) is 0 Å². The van der Waals surface area contributed by atoms with Crippen molar-refractivity contribution in [3.63, 3.8) is 0 Å². The molecule has 86 valence electrons. The van der Waals surface area contributed by atoms with E-state index in [1.807, 2.05) is 29.2 Å². The Labute approximate surface area is 110 Å². The zero-order chi connectivity index (χ0) is 11.5. The van der Waals surface area contributed by atoms with Crippen LogP contribution in [-0.2, 0) is 0 Å². The van der Waals surface area contributed by atoms with Crippen LogP contribution in [0.15, 0.2) is 24.3 Å². The topological polar surface area (TPSA) is 20.3 Å². The van der Waals surface area contributed by atoms with E-state index in [1.165, 1.54) is 9.99 Å². The molecule has 0 aliphatic carbocycles.